The van der Waals surface area contributed by atoms with Gasteiger partial charge in [0.25, 0.3) is 0 Å². The molecule has 0 unspecified atom stereocenters. The average molecular weight is 545 g/mol. The minimum absolute atomic E-state index is 0.221. The molecule has 36 heavy (non-hydrogen) atoms. The Hall–Kier alpha value is -2.15. The molecule has 182 valence electrons. The second kappa shape index (κ2) is 10.7. The summed E-state index contributed by atoms with van der Waals surface area (Å²) in [6.45, 7) is 2.28. The van der Waals surface area contributed by atoms with E-state index >= 15 is 0 Å². The monoisotopic (exact) mass is 544 g/mol. The molecule has 1 nitrogen and oxygen atoms in total. The van der Waals surface area contributed by atoms with Crippen LogP contribution in [0.2, 0.25) is 0 Å². The molecule has 0 N–H and O–H groups in total. The molecule has 0 aliphatic heterocycles. The van der Waals surface area contributed by atoms with E-state index in [9.17, 15) is 4.79 Å². The van der Waals surface area contributed by atoms with Gasteiger partial charge in [-0.1, -0.05) is 152 Å². The highest BCUT2D eigenvalue weighted by molar-refractivity contribution is 8.23. The van der Waals surface area contributed by atoms with E-state index in [0.717, 1.165) is 34.1 Å². The molecule has 1 aliphatic carbocycles. The van der Waals surface area contributed by atoms with Gasteiger partial charge in [-0.2, -0.15) is 0 Å². The van der Waals surface area contributed by atoms with Crippen molar-refractivity contribution in [1.82, 2.24) is 0 Å². The van der Waals surface area contributed by atoms with E-state index in [0.29, 0.717) is 5.92 Å². The summed E-state index contributed by atoms with van der Waals surface area (Å²) in [5, 5.41) is 4.46. The number of carbonyl (C=O) groups excluding carboxylic acids is 1. The lowest BCUT2D eigenvalue weighted by Crippen LogP contribution is -2.46. The molecule has 0 amide bonds. The van der Waals surface area contributed by atoms with Gasteiger partial charge in [0.05, 0.1) is 11.3 Å². The Bertz CT molecular complexity index is 1230. The molecule has 0 saturated heterocycles. The molecule has 0 radical (unpaired) electrons. The number of rotatable bonds is 6. The molecular formula is C31H30OP2S2. The largest absolute Gasteiger partial charge is 0.298 e. The summed E-state index contributed by atoms with van der Waals surface area (Å²) in [6.07, 6.45) is 1.63. The van der Waals surface area contributed by atoms with E-state index in [2.05, 4.69) is 55.5 Å². The molecule has 5 heteroatoms. The molecular weight excluding hydrogens is 514 g/mol. The first-order chi connectivity index (χ1) is 17.5. The minimum Gasteiger partial charge on any atom is -0.298 e. The van der Waals surface area contributed by atoms with E-state index < -0.39 is 12.1 Å². The average Bonchev–Trinajstić information content (AvgIpc) is 2.95. The zero-order valence-corrected chi connectivity index (χ0v) is 23.7. The normalized spacial score (nSPS) is 20.7. The van der Waals surface area contributed by atoms with Crippen molar-refractivity contribution in [1.29, 1.82) is 0 Å². The SMILES string of the molecule is CC1C[C@H](P(=S)(c2ccccc2)c2ccccc2)C(=O)[C@@H](P(=S)(c2ccccc2)c2ccccc2)C1. The van der Waals surface area contributed by atoms with Crippen molar-refractivity contribution in [2.24, 2.45) is 5.92 Å². The van der Waals surface area contributed by atoms with Crippen molar-refractivity contribution in [3.63, 3.8) is 0 Å². The third-order valence-electron chi connectivity index (χ3n) is 7.35. The first-order valence-corrected chi connectivity index (χ1v) is 18.2. The summed E-state index contributed by atoms with van der Waals surface area (Å²) in [6, 6.07) is 36.6. The zero-order chi connectivity index (χ0) is 25.2. The van der Waals surface area contributed by atoms with Gasteiger partial charge < -0.3 is 0 Å². The molecule has 4 aromatic carbocycles. The first-order valence-electron chi connectivity index (χ1n) is 12.4. The predicted molar refractivity (Wildman–Crippen MR) is 164 cm³/mol. The van der Waals surface area contributed by atoms with Crippen molar-refractivity contribution < 1.29 is 4.79 Å². The van der Waals surface area contributed by atoms with Gasteiger partial charge in [-0.25, -0.2) is 0 Å². The lowest BCUT2D eigenvalue weighted by molar-refractivity contribution is -0.119. The van der Waals surface area contributed by atoms with Crippen LogP contribution in [0.1, 0.15) is 19.8 Å². The number of Topliss-reactive ketones (excluding diaryl/α,β-unsaturated/α-hetero) is 1. The lowest BCUT2D eigenvalue weighted by atomic mass is 9.89. The van der Waals surface area contributed by atoms with Crippen LogP contribution < -0.4 is 21.2 Å². The second-order valence-corrected chi connectivity index (χ2v) is 19.1. The summed E-state index contributed by atoms with van der Waals surface area (Å²) < 4.78 is 0. The molecule has 1 aliphatic rings. The van der Waals surface area contributed by atoms with Crippen molar-refractivity contribution in [2.75, 3.05) is 0 Å². The number of hydrogen-bond acceptors (Lipinski definition) is 3. The predicted octanol–water partition coefficient (Wildman–Crippen LogP) is 5.98. The highest BCUT2D eigenvalue weighted by atomic mass is 32.4. The van der Waals surface area contributed by atoms with Crippen LogP contribution in [0.15, 0.2) is 121 Å². The van der Waals surface area contributed by atoms with E-state index in [1.54, 1.807) is 0 Å². The van der Waals surface area contributed by atoms with Gasteiger partial charge in [-0.05, 0) is 40.0 Å². The van der Waals surface area contributed by atoms with Gasteiger partial charge in [-0.15, -0.1) is 0 Å². The van der Waals surface area contributed by atoms with Gasteiger partial charge in [0, 0.05) is 12.1 Å². The van der Waals surface area contributed by atoms with Crippen LogP contribution in [-0.4, -0.2) is 17.1 Å². The first kappa shape index (κ1) is 25.5. The summed E-state index contributed by atoms with van der Waals surface area (Å²) in [4.78, 5) is 14.8. The molecule has 5 rings (SSSR count). The Kier molecular flexibility index (Phi) is 7.57. The van der Waals surface area contributed by atoms with Crippen LogP contribution in [0.4, 0.5) is 0 Å². The third-order valence-corrected chi connectivity index (χ3v) is 18.3. The van der Waals surface area contributed by atoms with Gasteiger partial charge in [0.1, 0.15) is 5.78 Å². The van der Waals surface area contributed by atoms with E-state index in [1.807, 2.05) is 72.8 Å². The van der Waals surface area contributed by atoms with Gasteiger partial charge >= 0.3 is 0 Å². The number of carbonyl (C=O) groups is 1. The highest BCUT2D eigenvalue weighted by Crippen LogP contribution is 2.60. The van der Waals surface area contributed by atoms with Crippen LogP contribution in [-0.2, 0) is 28.4 Å². The standard InChI is InChI=1S/C31H30OP2S2/c1-24-22-29(33(35,25-14-6-2-7-15-25)26-16-8-3-9-17-26)31(32)30(23-24)34(36,27-18-10-4-11-19-27)28-20-12-5-13-21-28/h2-21,24,29-30H,22-23H2,1H3/t29-,30-/m0/s1. The van der Waals surface area contributed by atoms with E-state index in [-0.39, 0.29) is 17.1 Å². The maximum Gasteiger partial charge on any atom is 0.150 e. The van der Waals surface area contributed by atoms with Gasteiger partial charge in [-0.3, -0.25) is 4.79 Å². The van der Waals surface area contributed by atoms with E-state index in [4.69, 9.17) is 23.6 Å². The molecule has 0 bridgehead atoms. The molecule has 0 heterocycles. The second-order valence-electron chi connectivity index (χ2n) is 9.67. The number of benzene rings is 4. The summed E-state index contributed by atoms with van der Waals surface area (Å²) in [5.41, 5.74) is -0.443. The lowest BCUT2D eigenvalue weighted by Gasteiger charge is -2.43. The van der Waals surface area contributed by atoms with Crippen LogP contribution in [0, 0.1) is 5.92 Å². The summed E-state index contributed by atoms with van der Waals surface area (Å²) in [7, 11) is 0. The summed E-state index contributed by atoms with van der Waals surface area (Å²) >= 11 is 13.3. The highest BCUT2D eigenvalue weighted by Gasteiger charge is 2.49. The van der Waals surface area contributed by atoms with Crippen LogP contribution >= 0.6 is 12.1 Å². The fourth-order valence-corrected chi connectivity index (χ4v) is 15.2. The van der Waals surface area contributed by atoms with Crippen LogP contribution in [0.25, 0.3) is 0 Å². The maximum absolute atomic E-state index is 14.8. The number of ketones is 1. The Labute approximate surface area is 225 Å². The van der Waals surface area contributed by atoms with Crippen molar-refractivity contribution in [2.45, 2.75) is 31.1 Å². The smallest absolute Gasteiger partial charge is 0.150 e. The van der Waals surface area contributed by atoms with Crippen LogP contribution in [0.3, 0.4) is 0 Å². The minimum atomic E-state index is -2.43. The molecule has 1 saturated carbocycles. The quantitative estimate of drug-likeness (QED) is 0.278. The fraction of sp³-hybridized carbons (Fsp3) is 0.194. The van der Waals surface area contributed by atoms with E-state index in [1.165, 1.54) is 0 Å². The Morgan fingerprint density at radius 2 is 0.778 bits per heavy atom. The molecule has 0 aromatic heterocycles. The molecule has 2 atom stereocenters. The van der Waals surface area contributed by atoms with Crippen molar-refractivity contribution in [3.05, 3.63) is 121 Å². The fourth-order valence-electron chi connectivity index (χ4n) is 5.58. The summed E-state index contributed by atoms with van der Waals surface area (Å²) in [5.74, 6) is 0.641. The van der Waals surface area contributed by atoms with Crippen LogP contribution in [0.5, 0.6) is 0 Å². The third kappa shape index (κ3) is 4.52. The van der Waals surface area contributed by atoms with Gasteiger partial charge in [0.2, 0.25) is 0 Å². The maximum atomic E-state index is 14.8. The van der Waals surface area contributed by atoms with Crippen molar-refractivity contribution >= 4 is 62.7 Å². The zero-order valence-electron chi connectivity index (χ0n) is 20.3. The van der Waals surface area contributed by atoms with Crippen molar-refractivity contribution in [3.8, 4) is 0 Å². The Morgan fingerprint density at radius 1 is 0.528 bits per heavy atom. The number of hydrogen-bond donors (Lipinski definition) is 0. The molecule has 4 aromatic rings. The topological polar surface area (TPSA) is 17.1 Å². The van der Waals surface area contributed by atoms with Gasteiger partial charge in [0.15, 0.2) is 0 Å². The Morgan fingerprint density at radius 3 is 1.03 bits per heavy atom. The molecule has 1 fully saturated rings. The molecule has 0 spiro atoms. The Balaban J connectivity index is 1.69.